The minimum absolute atomic E-state index is 0.00641. The minimum Gasteiger partial charge on any atom is -0.487 e. The lowest BCUT2D eigenvalue weighted by molar-refractivity contribution is -0.145. The first-order chi connectivity index (χ1) is 54.7. The Morgan fingerprint density at radius 3 is 1.43 bits per heavy atom. The van der Waals surface area contributed by atoms with Crippen molar-refractivity contribution in [3.8, 4) is 11.5 Å². The van der Waals surface area contributed by atoms with Gasteiger partial charge in [0.2, 0.25) is 53.2 Å². The number of likely N-dealkylation sites (tertiary alicyclic amines) is 2. The predicted molar refractivity (Wildman–Crippen MR) is 425 cm³/mol. The van der Waals surface area contributed by atoms with E-state index < -0.39 is 154 Å². The second-order valence-corrected chi connectivity index (χ2v) is 32.1. The quantitative estimate of drug-likeness (QED) is 0.0638. The molecule has 12 bridgehead atoms. The van der Waals surface area contributed by atoms with Crippen LogP contribution < -0.4 is 57.3 Å². The molecular weight excluding hydrogens is 1470 g/mol. The maximum Gasteiger partial charge on any atom is 0.326 e. The SMILES string of the molecule is CN[C@@H](C)C(=O)N[C@H](C(=O)N1C[C@@H]2C[C@H]1C(=O)N[C@@H](Cc1ccc3ccccc3c1)C(=O)N[C@H](C(=O)O)Cc1ccc(cc1)OCc1cn(cn1)[C@H]1C[C@@H](C(=O)N[C@@H](Cc3ccc4ccccc4c3)C(=O)N[C@H](C(=O)N[C@@H](C)C(=O)O)Cc3ccc(cc3)OCc3cn2nn3)N(C(=O)[C@@H](NC(=O)[C@H](C)NC)C(C)(C)C)C1)C(C)(C)C. The maximum atomic E-state index is 15.5. The summed E-state index contributed by atoms with van der Waals surface area (Å²) in [5, 5.41) is 58.7. The number of hydrogen-bond acceptors (Lipinski definition) is 18. The van der Waals surface area contributed by atoms with Crippen molar-refractivity contribution in [2.45, 2.75) is 193 Å². The molecule has 2 aromatic heterocycles. The van der Waals surface area contributed by atoms with Crippen molar-refractivity contribution in [1.82, 2.24) is 82.2 Å². The van der Waals surface area contributed by atoms with E-state index in [9.17, 15) is 39.0 Å². The van der Waals surface area contributed by atoms with Gasteiger partial charge in [0, 0.05) is 51.4 Å². The van der Waals surface area contributed by atoms with E-state index in [1.165, 1.54) is 21.4 Å². The number of nitrogens with one attached hydrogen (secondary N) is 9. The Morgan fingerprint density at radius 1 is 0.522 bits per heavy atom. The number of aliphatic carboxylic acids is 2. The van der Waals surface area contributed by atoms with Gasteiger partial charge in [-0.15, -0.1) is 5.10 Å². The van der Waals surface area contributed by atoms with Crippen LogP contribution in [0, 0.1) is 10.8 Å². The van der Waals surface area contributed by atoms with Crippen LogP contribution >= 0.6 is 0 Å². The molecule has 8 heterocycles. The normalized spacial score (nSPS) is 21.5. The molecule has 13 atom stereocenters. The zero-order chi connectivity index (χ0) is 82.7. The van der Waals surface area contributed by atoms with Gasteiger partial charge in [-0.2, -0.15) is 0 Å². The van der Waals surface area contributed by atoms with Gasteiger partial charge in [0.05, 0.1) is 42.4 Å². The molecule has 0 aliphatic carbocycles. The smallest absolute Gasteiger partial charge is 0.326 e. The summed E-state index contributed by atoms with van der Waals surface area (Å²) in [5.74, 6) is -8.08. The molecule has 0 radical (unpaired) electrons. The number of amides is 9. The van der Waals surface area contributed by atoms with Crippen LogP contribution in [0.15, 0.2) is 152 Å². The van der Waals surface area contributed by atoms with E-state index in [4.69, 9.17) is 9.47 Å². The number of likely N-dealkylation sites (N-methyl/N-ethyl adjacent to an activating group) is 2. The first-order valence-corrected chi connectivity index (χ1v) is 38.6. The second-order valence-electron chi connectivity index (χ2n) is 32.1. The third kappa shape index (κ3) is 21.0. The molecule has 115 heavy (non-hydrogen) atoms. The summed E-state index contributed by atoms with van der Waals surface area (Å²) in [6.45, 7) is 14.9. The molecule has 2 fully saturated rings. The molecule has 6 aliphatic rings. The zero-order valence-electron chi connectivity index (χ0n) is 66.3. The van der Waals surface area contributed by atoms with Crippen LogP contribution in [0.25, 0.3) is 21.5 Å². The molecule has 11 N–H and O–H groups in total. The van der Waals surface area contributed by atoms with Gasteiger partial charge in [-0.1, -0.05) is 156 Å². The van der Waals surface area contributed by atoms with E-state index in [1.54, 1.807) is 141 Å². The average Bonchev–Trinajstić information content (AvgIpc) is 1.65. The number of benzene rings is 6. The van der Waals surface area contributed by atoms with Crippen molar-refractivity contribution in [1.29, 1.82) is 0 Å². The second kappa shape index (κ2) is 36.4. The number of rotatable bonds is 16. The molecule has 0 unspecified atom stereocenters. The minimum atomic E-state index is -1.52. The van der Waals surface area contributed by atoms with Gasteiger partial charge in [0.15, 0.2) is 0 Å². The Labute approximate surface area is 666 Å². The van der Waals surface area contributed by atoms with E-state index in [0.717, 1.165) is 21.5 Å². The summed E-state index contributed by atoms with van der Waals surface area (Å²) in [5.41, 5.74) is 1.20. The number of carboxylic acids is 2. The molecule has 8 aromatic rings. The van der Waals surface area contributed by atoms with Gasteiger partial charge in [-0.05, 0) is 120 Å². The molecule has 9 amide bonds. The molecule has 0 saturated carbocycles. The topological polar surface area (TPSA) is 410 Å². The van der Waals surface area contributed by atoms with Crippen LogP contribution in [0.5, 0.6) is 11.5 Å². The zero-order valence-corrected chi connectivity index (χ0v) is 66.3. The fraction of sp³-hybridized carbons (Fsp3) is 0.429. The number of carbonyl (C=O) groups is 11. The number of carbonyl (C=O) groups excluding carboxylic acids is 9. The fourth-order valence-electron chi connectivity index (χ4n) is 14.4. The number of fused-ring (bicyclic) bond motifs is 2. The Kier molecular flexibility index (Phi) is 26.5. The van der Waals surface area contributed by atoms with Crippen LogP contribution in [0.4, 0.5) is 0 Å². The van der Waals surface area contributed by atoms with Crippen molar-refractivity contribution in [3.05, 3.63) is 186 Å². The molecular formula is C84H102N16O15. The number of hydrogen-bond donors (Lipinski definition) is 11. The van der Waals surface area contributed by atoms with Crippen molar-refractivity contribution in [2.24, 2.45) is 10.8 Å². The first-order valence-electron chi connectivity index (χ1n) is 38.6. The van der Waals surface area contributed by atoms with Crippen LogP contribution in [0.2, 0.25) is 0 Å². The first kappa shape index (κ1) is 83.8. The number of imidazole rings is 1. The van der Waals surface area contributed by atoms with E-state index in [2.05, 4.69) is 63.1 Å². The summed E-state index contributed by atoms with van der Waals surface area (Å²) in [6, 6.07) is 24.5. The highest BCUT2D eigenvalue weighted by atomic mass is 16.5. The molecule has 14 rings (SSSR count). The van der Waals surface area contributed by atoms with Gasteiger partial charge >= 0.3 is 11.9 Å². The van der Waals surface area contributed by atoms with Crippen LogP contribution in [0.3, 0.4) is 0 Å². The monoisotopic (exact) mass is 1570 g/mol. The highest BCUT2D eigenvalue weighted by Gasteiger charge is 2.49. The third-order valence-corrected chi connectivity index (χ3v) is 21.4. The molecule has 6 aromatic carbocycles. The van der Waals surface area contributed by atoms with Crippen LogP contribution in [0.1, 0.15) is 121 Å². The fourth-order valence-corrected chi connectivity index (χ4v) is 14.4. The Balaban J connectivity index is 0.944. The lowest BCUT2D eigenvalue weighted by atomic mass is 9.85. The van der Waals surface area contributed by atoms with E-state index in [-0.39, 0.29) is 64.8 Å². The van der Waals surface area contributed by atoms with Gasteiger partial charge in [0.1, 0.15) is 84.8 Å². The molecule has 31 heteroatoms. The van der Waals surface area contributed by atoms with Crippen LogP contribution in [-0.4, -0.2) is 203 Å². The third-order valence-electron chi connectivity index (χ3n) is 21.4. The van der Waals surface area contributed by atoms with Crippen molar-refractivity contribution >= 4 is 86.6 Å². The Morgan fingerprint density at radius 2 is 0.965 bits per heavy atom. The molecule has 0 spiro atoms. The number of nitrogens with zero attached hydrogens (tertiary/aromatic N) is 7. The van der Waals surface area contributed by atoms with Gasteiger partial charge < -0.3 is 81.9 Å². The summed E-state index contributed by atoms with van der Waals surface area (Å²) in [7, 11) is 3.22. The predicted octanol–water partition coefficient (Wildman–Crippen LogP) is 4.40. The Bertz CT molecular complexity index is 4900. The number of aromatic nitrogens is 5. The highest BCUT2D eigenvalue weighted by Crippen LogP contribution is 2.35. The van der Waals surface area contributed by atoms with E-state index in [1.807, 2.05) is 84.9 Å². The van der Waals surface area contributed by atoms with Crippen LogP contribution in [-0.2, 0) is 91.6 Å². The highest BCUT2D eigenvalue weighted by molar-refractivity contribution is 5.99. The molecule has 31 nitrogen and oxygen atoms in total. The number of ether oxygens (including phenoxy) is 2. The van der Waals surface area contributed by atoms with Crippen molar-refractivity contribution < 1.29 is 72.4 Å². The van der Waals surface area contributed by atoms with Gasteiger partial charge in [-0.3, -0.25) is 47.9 Å². The largest absolute Gasteiger partial charge is 0.487 e. The van der Waals surface area contributed by atoms with Gasteiger partial charge in [-0.25, -0.2) is 14.5 Å². The van der Waals surface area contributed by atoms with E-state index in [0.29, 0.717) is 45.1 Å². The van der Waals surface area contributed by atoms with E-state index >= 15 is 24.0 Å². The summed E-state index contributed by atoms with van der Waals surface area (Å²) >= 11 is 0. The maximum absolute atomic E-state index is 15.5. The lowest BCUT2D eigenvalue weighted by Gasteiger charge is -2.36. The van der Waals surface area contributed by atoms with Crippen molar-refractivity contribution in [3.63, 3.8) is 0 Å². The van der Waals surface area contributed by atoms with Crippen molar-refractivity contribution in [2.75, 3.05) is 27.2 Å². The summed E-state index contributed by atoms with van der Waals surface area (Å²) in [4.78, 5) is 166. The molecule has 608 valence electrons. The Hall–Kier alpha value is -12.1. The number of carboxylic acid groups (broad SMARTS) is 2. The standard InChI is InChI=1S/C84H102N16O15/c1-47(85-10)72(101)93-70(83(4,5)6)79(108)98-42-60-38-68(98)77(106)90-65(36-52-20-26-54-16-12-14-18-56(54)32-52)75(104)89-64(74(103)88-49(3)81(110)111)34-50-22-28-63(29-23-50)115-45-59-41-100(96-95-59)61-39-69(99(43-61)80(109)71(84(7,8)9)94-73(102)48(2)86-11)78(107)91-66(37-53-21-27-55-17-13-15-19-57(55)33-53)76(105)92-67(82(112)113)35-51-24-30-62(31-25-51)114-44-58-40-97(60)46-87-58/h12-33,40-41,46-49,60-61,64-71,85-86H,34-39,42-45H2,1-11H3,(H,88,103)(H,89,104)(H,90,106)(H,91,107)(H,92,105)(H,93,101)(H,94,102)(H,110,111)(H,112,113)/t47-,48-,49-,60-,61-,64-,65-,66-,67-,68-,69-,70+,71+/m0/s1. The average molecular weight is 1580 g/mol. The summed E-state index contributed by atoms with van der Waals surface area (Å²) < 4.78 is 15.7. The molecule has 6 aliphatic heterocycles. The summed E-state index contributed by atoms with van der Waals surface area (Å²) in [6.07, 6.45) is 4.17. The lowest BCUT2D eigenvalue weighted by Crippen LogP contribution is -2.61. The molecule has 2 saturated heterocycles. The van der Waals surface area contributed by atoms with Gasteiger partial charge in [0.25, 0.3) is 0 Å².